The molecule has 1 fully saturated rings. The molecule has 7 nitrogen and oxygen atoms in total. The quantitative estimate of drug-likeness (QED) is 0.715. The van der Waals surface area contributed by atoms with Gasteiger partial charge >= 0.3 is 5.97 Å². The number of β-amino-alcohol motifs (C(OH)–C–C–N with tert-alkyl or cyclic N) is 1. The summed E-state index contributed by atoms with van der Waals surface area (Å²) in [6, 6.07) is 6.01. The van der Waals surface area contributed by atoms with Crippen LogP contribution in [0.3, 0.4) is 0 Å². The average molecular weight is 294 g/mol. The molecule has 0 aromatic heterocycles. The van der Waals surface area contributed by atoms with Crippen molar-refractivity contribution >= 4 is 17.6 Å². The number of nitrogens with zero attached hydrogens (tertiary/aromatic N) is 1. The standard InChI is InChI=1S/C14H18N2O5/c1-21-11-4-2-9(3-5-11)15-13(18)8-16-7-10(17)6-12(16)14(19)20/h2-5,10,12,17H,6-8H2,1H3,(H,15,18)(H,19,20). The number of amides is 1. The van der Waals surface area contributed by atoms with Gasteiger partial charge in [0.05, 0.1) is 19.8 Å². The van der Waals surface area contributed by atoms with Crippen molar-refractivity contribution in [2.75, 3.05) is 25.5 Å². The molecule has 3 N–H and O–H groups in total. The predicted octanol–water partition coefficient (Wildman–Crippen LogP) is 0.153. The van der Waals surface area contributed by atoms with Crippen LogP contribution in [0.15, 0.2) is 24.3 Å². The minimum atomic E-state index is -1.02. The van der Waals surface area contributed by atoms with Gasteiger partial charge in [-0.3, -0.25) is 14.5 Å². The Morgan fingerprint density at radius 3 is 2.62 bits per heavy atom. The first-order valence-corrected chi connectivity index (χ1v) is 6.58. The van der Waals surface area contributed by atoms with Crippen LogP contribution in [0.4, 0.5) is 5.69 Å². The summed E-state index contributed by atoms with van der Waals surface area (Å²) in [6.45, 7) is 0.118. The molecule has 2 rings (SSSR count). The normalized spacial score (nSPS) is 22.0. The molecule has 0 radical (unpaired) electrons. The molecule has 0 aliphatic carbocycles. The fraction of sp³-hybridized carbons (Fsp3) is 0.429. The Balaban J connectivity index is 1.92. The van der Waals surface area contributed by atoms with Crippen molar-refractivity contribution in [3.8, 4) is 5.75 Å². The number of carbonyl (C=O) groups is 2. The number of carboxylic acid groups (broad SMARTS) is 1. The lowest BCUT2D eigenvalue weighted by atomic mass is 10.2. The summed E-state index contributed by atoms with van der Waals surface area (Å²) < 4.78 is 5.02. The summed E-state index contributed by atoms with van der Waals surface area (Å²) >= 11 is 0. The van der Waals surface area contributed by atoms with Crippen molar-refractivity contribution in [2.45, 2.75) is 18.6 Å². The first-order chi connectivity index (χ1) is 9.99. The number of carbonyl (C=O) groups excluding carboxylic acids is 1. The SMILES string of the molecule is COc1ccc(NC(=O)CN2CC(O)CC2C(=O)O)cc1. The van der Waals surface area contributed by atoms with Gasteiger partial charge in [-0.2, -0.15) is 0 Å². The molecule has 1 amide bonds. The molecule has 1 aromatic rings. The summed E-state index contributed by atoms with van der Waals surface area (Å²) in [5.74, 6) is -0.661. The molecule has 0 bridgehead atoms. The van der Waals surface area contributed by atoms with E-state index >= 15 is 0 Å². The van der Waals surface area contributed by atoms with Gasteiger partial charge in [-0.25, -0.2) is 0 Å². The Morgan fingerprint density at radius 2 is 2.05 bits per heavy atom. The number of ether oxygens (including phenoxy) is 1. The molecule has 2 atom stereocenters. The molecular formula is C14H18N2O5. The molecule has 1 aromatic carbocycles. The first kappa shape index (κ1) is 15.3. The van der Waals surface area contributed by atoms with E-state index in [0.29, 0.717) is 11.4 Å². The minimum Gasteiger partial charge on any atom is -0.497 e. The lowest BCUT2D eigenvalue weighted by molar-refractivity contribution is -0.142. The van der Waals surface area contributed by atoms with Crippen LogP contribution in [0, 0.1) is 0 Å². The number of likely N-dealkylation sites (tertiary alicyclic amines) is 1. The number of hydrogen-bond donors (Lipinski definition) is 3. The van der Waals surface area contributed by atoms with Gasteiger partial charge in [0, 0.05) is 18.7 Å². The molecule has 2 unspecified atom stereocenters. The number of aliphatic carboxylic acids is 1. The highest BCUT2D eigenvalue weighted by Gasteiger charge is 2.36. The van der Waals surface area contributed by atoms with Crippen LogP contribution in [-0.2, 0) is 9.59 Å². The molecule has 1 heterocycles. The Hall–Kier alpha value is -2.12. The lowest BCUT2D eigenvalue weighted by Gasteiger charge is -2.19. The fourth-order valence-electron chi connectivity index (χ4n) is 2.37. The maximum Gasteiger partial charge on any atom is 0.321 e. The highest BCUT2D eigenvalue weighted by Crippen LogP contribution is 2.19. The van der Waals surface area contributed by atoms with Gasteiger partial charge in [0.25, 0.3) is 0 Å². The molecule has 0 saturated carbocycles. The number of hydrogen-bond acceptors (Lipinski definition) is 5. The highest BCUT2D eigenvalue weighted by atomic mass is 16.5. The monoisotopic (exact) mass is 294 g/mol. The Bertz CT molecular complexity index is 517. The number of carboxylic acids is 1. The minimum absolute atomic E-state index is 0.0694. The maximum atomic E-state index is 11.9. The van der Waals surface area contributed by atoms with E-state index < -0.39 is 18.1 Å². The Morgan fingerprint density at radius 1 is 1.38 bits per heavy atom. The lowest BCUT2D eigenvalue weighted by Crippen LogP contribution is -2.41. The van der Waals surface area contributed by atoms with Crippen LogP contribution < -0.4 is 10.1 Å². The number of aliphatic hydroxyl groups excluding tert-OH is 1. The van der Waals surface area contributed by atoms with Crippen molar-refractivity contribution < 1.29 is 24.5 Å². The van der Waals surface area contributed by atoms with E-state index in [0.717, 1.165) is 0 Å². The zero-order chi connectivity index (χ0) is 15.4. The Labute approximate surface area is 122 Å². The van der Waals surface area contributed by atoms with E-state index in [1.165, 1.54) is 4.90 Å². The number of aliphatic hydroxyl groups is 1. The van der Waals surface area contributed by atoms with Gasteiger partial charge in [-0.05, 0) is 24.3 Å². The average Bonchev–Trinajstić information content (AvgIpc) is 2.80. The first-order valence-electron chi connectivity index (χ1n) is 6.58. The zero-order valence-corrected chi connectivity index (χ0v) is 11.7. The van der Waals surface area contributed by atoms with E-state index in [-0.39, 0.29) is 25.4 Å². The van der Waals surface area contributed by atoms with Crippen molar-refractivity contribution in [3.63, 3.8) is 0 Å². The van der Waals surface area contributed by atoms with E-state index in [1.54, 1.807) is 31.4 Å². The molecule has 114 valence electrons. The second-order valence-corrected chi connectivity index (χ2v) is 4.95. The van der Waals surface area contributed by atoms with Crippen molar-refractivity contribution in [1.82, 2.24) is 4.90 Å². The van der Waals surface area contributed by atoms with Crippen LogP contribution in [0.1, 0.15) is 6.42 Å². The van der Waals surface area contributed by atoms with Crippen LogP contribution in [0.2, 0.25) is 0 Å². The molecule has 1 aliphatic heterocycles. The molecule has 1 saturated heterocycles. The second-order valence-electron chi connectivity index (χ2n) is 4.95. The highest BCUT2D eigenvalue weighted by molar-refractivity contribution is 5.92. The molecule has 21 heavy (non-hydrogen) atoms. The number of methoxy groups -OCH3 is 1. The van der Waals surface area contributed by atoms with E-state index in [4.69, 9.17) is 9.84 Å². The van der Waals surface area contributed by atoms with Gasteiger partial charge in [0.2, 0.25) is 5.91 Å². The van der Waals surface area contributed by atoms with Crippen molar-refractivity contribution in [1.29, 1.82) is 0 Å². The summed E-state index contributed by atoms with van der Waals surface area (Å²) in [7, 11) is 1.55. The van der Waals surface area contributed by atoms with Crippen molar-refractivity contribution in [2.24, 2.45) is 0 Å². The van der Waals surface area contributed by atoms with E-state index in [1.807, 2.05) is 0 Å². The largest absolute Gasteiger partial charge is 0.497 e. The number of nitrogens with one attached hydrogen (secondary N) is 1. The van der Waals surface area contributed by atoms with Crippen LogP contribution >= 0.6 is 0 Å². The topological polar surface area (TPSA) is 99.1 Å². The maximum absolute atomic E-state index is 11.9. The van der Waals surface area contributed by atoms with Crippen LogP contribution in [0.25, 0.3) is 0 Å². The summed E-state index contributed by atoms with van der Waals surface area (Å²) in [5.41, 5.74) is 0.604. The van der Waals surface area contributed by atoms with E-state index in [2.05, 4.69) is 5.32 Å². The van der Waals surface area contributed by atoms with Crippen molar-refractivity contribution in [3.05, 3.63) is 24.3 Å². The number of anilines is 1. The molecule has 0 spiro atoms. The third-order valence-corrected chi connectivity index (χ3v) is 3.39. The van der Waals surface area contributed by atoms with Crippen LogP contribution in [-0.4, -0.2) is 59.3 Å². The second kappa shape index (κ2) is 6.55. The molecule has 1 aliphatic rings. The third kappa shape index (κ3) is 3.93. The van der Waals surface area contributed by atoms with Gasteiger partial charge < -0.3 is 20.3 Å². The summed E-state index contributed by atoms with van der Waals surface area (Å²) in [5, 5.41) is 21.3. The fourth-order valence-corrected chi connectivity index (χ4v) is 2.37. The number of rotatable bonds is 5. The van der Waals surface area contributed by atoms with Gasteiger partial charge in [0.1, 0.15) is 11.8 Å². The van der Waals surface area contributed by atoms with Gasteiger partial charge in [-0.15, -0.1) is 0 Å². The smallest absolute Gasteiger partial charge is 0.321 e. The zero-order valence-electron chi connectivity index (χ0n) is 11.7. The summed E-state index contributed by atoms with van der Waals surface area (Å²) in [4.78, 5) is 24.5. The van der Waals surface area contributed by atoms with E-state index in [9.17, 15) is 14.7 Å². The number of benzene rings is 1. The van der Waals surface area contributed by atoms with Crippen LogP contribution in [0.5, 0.6) is 5.75 Å². The summed E-state index contributed by atoms with van der Waals surface area (Å²) in [6.07, 6.45) is -0.564. The molecule has 7 heteroatoms. The third-order valence-electron chi connectivity index (χ3n) is 3.39. The predicted molar refractivity (Wildman–Crippen MR) is 75.2 cm³/mol. The molecular weight excluding hydrogens is 276 g/mol. The Kier molecular flexibility index (Phi) is 4.77. The van der Waals surface area contributed by atoms with Gasteiger partial charge in [-0.1, -0.05) is 0 Å². The van der Waals surface area contributed by atoms with Gasteiger partial charge in [0.15, 0.2) is 0 Å².